The van der Waals surface area contributed by atoms with Gasteiger partial charge in [-0.2, -0.15) is 0 Å². The van der Waals surface area contributed by atoms with Crippen LogP contribution in [-0.2, 0) is 4.74 Å². The van der Waals surface area contributed by atoms with Crippen molar-refractivity contribution in [2.45, 2.75) is 50.2 Å². The van der Waals surface area contributed by atoms with Crippen molar-refractivity contribution in [3.8, 4) is 0 Å². The molecule has 4 nitrogen and oxygen atoms in total. The molecule has 0 radical (unpaired) electrons. The maximum atomic E-state index is 6.18. The van der Waals surface area contributed by atoms with E-state index in [0.717, 1.165) is 38.3 Å². The Morgan fingerprint density at radius 3 is 2.39 bits per heavy atom. The lowest BCUT2D eigenvalue weighted by Gasteiger charge is -2.51. The smallest absolute Gasteiger partial charge is 0.0589 e. The van der Waals surface area contributed by atoms with Crippen molar-refractivity contribution in [3.05, 3.63) is 0 Å². The number of hydrogen-bond donors (Lipinski definition) is 1. The third kappa shape index (κ3) is 2.44. The van der Waals surface area contributed by atoms with Crippen LogP contribution in [0.5, 0.6) is 0 Å². The first-order valence-electron chi connectivity index (χ1n) is 7.33. The van der Waals surface area contributed by atoms with Gasteiger partial charge in [0, 0.05) is 37.8 Å². The molecule has 2 rings (SSSR count). The fraction of sp³-hybridized carbons (Fsp3) is 1.00. The number of methoxy groups -OCH3 is 1. The number of fused-ring (bicyclic) bond motifs is 2. The topological polar surface area (TPSA) is 41.7 Å². The Labute approximate surface area is 111 Å². The van der Waals surface area contributed by atoms with Crippen LogP contribution in [0.1, 0.15) is 32.6 Å². The normalized spacial score (nSPS) is 36.5. The van der Waals surface area contributed by atoms with Crippen LogP contribution < -0.4 is 5.73 Å². The van der Waals surface area contributed by atoms with E-state index in [4.69, 9.17) is 10.5 Å². The highest BCUT2D eigenvalue weighted by Gasteiger charge is 2.48. The van der Waals surface area contributed by atoms with Gasteiger partial charge in [-0.3, -0.25) is 4.90 Å². The van der Waals surface area contributed by atoms with Crippen molar-refractivity contribution in [2.75, 3.05) is 40.4 Å². The van der Waals surface area contributed by atoms with Crippen molar-refractivity contribution >= 4 is 0 Å². The molecule has 4 heteroatoms. The van der Waals surface area contributed by atoms with Gasteiger partial charge in [-0.15, -0.1) is 0 Å². The number of ether oxygens (including phenoxy) is 1. The predicted octanol–water partition coefficient (Wildman–Crippen LogP) is 0.909. The van der Waals surface area contributed by atoms with Gasteiger partial charge in [-0.1, -0.05) is 6.92 Å². The molecule has 0 aromatic rings. The van der Waals surface area contributed by atoms with E-state index in [2.05, 4.69) is 23.8 Å². The Hall–Kier alpha value is -0.160. The van der Waals surface area contributed by atoms with Crippen molar-refractivity contribution in [3.63, 3.8) is 0 Å². The Morgan fingerprint density at radius 1 is 1.33 bits per heavy atom. The minimum absolute atomic E-state index is 0.214. The summed E-state index contributed by atoms with van der Waals surface area (Å²) in [5.74, 6) is 0. The van der Waals surface area contributed by atoms with E-state index in [0.29, 0.717) is 0 Å². The molecule has 2 heterocycles. The fourth-order valence-corrected chi connectivity index (χ4v) is 4.03. The van der Waals surface area contributed by atoms with E-state index in [9.17, 15) is 0 Å². The zero-order valence-electron chi connectivity index (χ0n) is 12.2. The summed E-state index contributed by atoms with van der Waals surface area (Å²) in [7, 11) is 4.06. The van der Waals surface area contributed by atoms with Crippen molar-refractivity contribution in [1.82, 2.24) is 9.80 Å². The first-order chi connectivity index (χ1) is 8.66. The molecule has 2 saturated heterocycles. The molecule has 0 aliphatic carbocycles. The quantitative estimate of drug-likeness (QED) is 0.766. The third-order valence-electron chi connectivity index (χ3n) is 5.21. The minimum atomic E-state index is 0.214. The molecule has 0 saturated carbocycles. The Kier molecular flexibility index (Phi) is 4.64. The molecule has 0 amide bonds. The predicted molar refractivity (Wildman–Crippen MR) is 74.7 cm³/mol. The van der Waals surface area contributed by atoms with Gasteiger partial charge < -0.3 is 15.4 Å². The molecule has 0 aromatic carbocycles. The van der Waals surface area contributed by atoms with E-state index in [1.54, 1.807) is 7.11 Å². The van der Waals surface area contributed by atoms with Crippen molar-refractivity contribution < 1.29 is 4.74 Å². The molecule has 2 atom stereocenters. The number of likely N-dealkylation sites (N-methyl/N-ethyl adjacent to an activating group) is 1. The zero-order chi connectivity index (χ0) is 13.2. The zero-order valence-corrected chi connectivity index (χ0v) is 12.2. The molecule has 2 bridgehead atoms. The standard InChI is InChI=1S/C14H29N3O/c1-4-17(7-8-18-3)14(11-15)9-12-5-6-13(10-14)16(12)2/h12-13H,4-11,15H2,1-3H3. The molecular formula is C14H29N3O. The number of piperidine rings is 1. The molecule has 18 heavy (non-hydrogen) atoms. The summed E-state index contributed by atoms with van der Waals surface area (Å²) in [5.41, 5.74) is 6.40. The van der Waals surface area contributed by atoms with Crippen LogP contribution in [0.2, 0.25) is 0 Å². The Morgan fingerprint density at radius 2 is 1.94 bits per heavy atom. The molecule has 2 aliphatic rings. The van der Waals surface area contributed by atoms with Gasteiger partial charge in [0.2, 0.25) is 0 Å². The molecule has 106 valence electrons. The van der Waals surface area contributed by atoms with E-state index in [-0.39, 0.29) is 5.54 Å². The van der Waals surface area contributed by atoms with E-state index >= 15 is 0 Å². The van der Waals surface area contributed by atoms with Gasteiger partial charge in [0.25, 0.3) is 0 Å². The highest BCUT2D eigenvalue weighted by Crippen LogP contribution is 2.42. The summed E-state index contributed by atoms with van der Waals surface area (Å²) in [5, 5.41) is 0. The maximum absolute atomic E-state index is 6.18. The minimum Gasteiger partial charge on any atom is -0.383 e. The second-order valence-electron chi connectivity index (χ2n) is 5.96. The van der Waals surface area contributed by atoms with E-state index < -0.39 is 0 Å². The van der Waals surface area contributed by atoms with Crippen molar-refractivity contribution in [2.24, 2.45) is 5.73 Å². The summed E-state index contributed by atoms with van der Waals surface area (Å²) >= 11 is 0. The van der Waals surface area contributed by atoms with E-state index in [1.807, 2.05) is 0 Å². The Bertz CT molecular complexity index is 258. The lowest BCUT2D eigenvalue weighted by molar-refractivity contribution is -0.00776. The van der Waals surface area contributed by atoms with Gasteiger partial charge in [-0.25, -0.2) is 0 Å². The number of nitrogens with two attached hydrogens (primary N) is 1. The van der Waals surface area contributed by atoms with Crippen LogP contribution in [-0.4, -0.2) is 67.8 Å². The van der Waals surface area contributed by atoms with Crippen LogP contribution >= 0.6 is 0 Å². The summed E-state index contributed by atoms with van der Waals surface area (Å²) in [6.45, 7) is 5.91. The molecular weight excluding hydrogens is 226 g/mol. The van der Waals surface area contributed by atoms with Crippen LogP contribution in [0.15, 0.2) is 0 Å². The Balaban J connectivity index is 2.10. The molecule has 2 unspecified atom stereocenters. The molecule has 0 aromatic heterocycles. The summed E-state index contributed by atoms with van der Waals surface area (Å²) in [4.78, 5) is 5.15. The second kappa shape index (κ2) is 5.87. The van der Waals surface area contributed by atoms with E-state index in [1.165, 1.54) is 25.7 Å². The monoisotopic (exact) mass is 255 g/mol. The second-order valence-corrected chi connectivity index (χ2v) is 5.96. The summed E-state index contributed by atoms with van der Waals surface area (Å²) in [6, 6.07) is 1.48. The van der Waals surface area contributed by atoms with Gasteiger partial charge in [0.05, 0.1) is 6.61 Å². The molecule has 0 spiro atoms. The van der Waals surface area contributed by atoms with Crippen LogP contribution in [0.3, 0.4) is 0 Å². The van der Waals surface area contributed by atoms with Crippen LogP contribution in [0, 0.1) is 0 Å². The first-order valence-corrected chi connectivity index (χ1v) is 7.33. The fourth-order valence-electron chi connectivity index (χ4n) is 4.03. The molecule has 2 aliphatic heterocycles. The highest BCUT2D eigenvalue weighted by molar-refractivity contribution is 5.06. The average molecular weight is 255 g/mol. The SMILES string of the molecule is CCN(CCOC)C1(CN)CC2CCC(C1)N2C. The van der Waals surface area contributed by atoms with Crippen LogP contribution in [0.25, 0.3) is 0 Å². The van der Waals surface area contributed by atoms with Gasteiger partial charge in [0.15, 0.2) is 0 Å². The van der Waals surface area contributed by atoms with Crippen LogP contribution in [0.4, 0.5) is 0 Å². The maximum Gasteiger partial charge on any atom is 0.0589 e. The van der Waals surface area contributed by atoms with Gasteiger partial charge >= 0.3 is 0 Å². The summed E-state index contributed by atoms with van der Waals surface area (Å²) < 4.78 is 5.25. The third-order valence-corrected chi connectivity index (χ3v) is 5.21. The molecule has 2 N–H and O–H groups in total. The number of nitrogens with zero attached hydrogens (tertiary/aromatic N) is 2. The lowest BCUT2D eigenvalue weighted by Crippen LogP contribution is -2.62. The van der Waals surface area contributed by atoms with Crippen molar-refractivity contribution in [1.29, 1.82) is 0 Å². The summed E-state index contributed by atoms with van der Waals surface area (Å²) in [6.07, 6.45) is 5.16. The molecule has 2 fully saturated rings. The average Bonchev–Trinajstić information content (AvgIpc) is 2.63. The lowest BCUT2D eigenvalue weighted by atomic mass is 9.81. The van der Waals surface area contributed by atoms with Gasteiger partial charge in [-0.05, 0) is 39.3 Å². The number of hydrogen-bond acceptors (Lipinski definition) is 4. The largest absolute Gasteiger partial charge is 0.383 e. The first kappa shape index (κ1) is 14.3. The highest BCUT2D eigenvalue weighted by atomic mass is 16.5. The van der Waals surface area contributed by atoms with Gasteiger partial charge in [0.1, 0.15) is 0 Å². The number of rotatable bonds is 6.